The van der Waals surface area contributed by atoms with Gasteiger partial charge in [-0.2, -0.15) is 0 Å². The Balaban J connectivity index is 2.20. The fourth-order valence-corrected chi connectivity index (χ4v) is 2.68. The van der Waals surface area contributed by atoms with Crippen LogP contribution in [0, 0.1) is 0 Å². The fraction of sp³-hybridized carbons (Fsp3) is 0.0769. The third-order valence-electron chi connectivity index (χ3n) is 2.62. The first-order valence-corrected chi connectivity index (χ1v) is 5.87. The van der Waals surface area contributed by atoms with Crippen LogP contribution in [0.2, 0.25) is 0 Å². The quantitative estimate of drug-likeness (QED) is 0.661. The Hall–Kier alpha value is -1.24. The third-order valence-corrected chi connectivity index (χ3v) is 3.69. The van der Waals surface area contributed by atoms with Gasteiger partial charge < -0.3 is 0 Å². The molecule has 1 heterocycles. The van der Waals surface area contributed by atoms with Gasteiger partial charge in [0.25, 0.3) is 0 Å². The molecule has 0 N–H and O–H groups in total. The van der Waals surface area contributed by atoms with E-state index >= 15 is 0 Å². The summed E-state index contributed by atoms with van der Waals surface area (Å²) in [4.78, 5) is 0.297. The van der Waals surface area contributed by atoms with Crippen molar-refractivity contribution in [3.05, 3.63) is 59.7 Å². The van der Waals surface area contributed by atoms with Gasteiger partial charge in [0.05, 0.1) is 0 Å². The molecule has 1 nitrogen and oxygen atoms in total. The molecule has 15 heavy (non-hydrogen) atoms. The molecular weight excluding hydrogens is 251 g/mol. The van der Waals surface area contributed by atoms with Crippen LogP contribution in [0.25, 0.3) is 0 Å². The topological polar surface area (TPSA) is 9.23 Å². The average molecular weight is 260 g/mol. The predicted octanol–water partition coefficient (Wildman–Crippen LogP) is 3.05. The molecule has 1 aliphatic heterocycles. The summed E-state index contributed by atoms with van der Waals surface area (Å²) < 4.78 is 5.83. The van der Waals surface area contributed by atoms with E-state index in [2.05, 4.69) is 28.1 Å². The molecule has 0 saturated carbocycles. The van der Waals surface area contributed by atoms with Gasteiger partial charge in [0.2, 0.25) is 0 Å². The molecule has 3 rings (SSSR count). The summed E-state index contributed by atoms with van der Waals surface area (Å²) in [5, 5.41) is 0. The van der Waals surface area contributed by atoms with Crippen LogP contribution in [0.3, 0.4) is 0 Å². The summed E-state index contributed by atoms with van der Waals surface area (Å²) in [6.07, 6.45) is 0. The monoisotopic (exact) mass is 261 g/mol. The Bertz CT molecular complexity index is 462. The van der Waals surface area contributed by atoms with Crippen molar-refractivity contribution in [1.82, 2.24) is 0 Å². The van der Waals surface area contributed by atoms with E-state index in [0.29, 0.717) is 4.82 Å². The van der Waals surface area contributed by atoms with Crippen LogP contribution >= 0.6 is 0 Å². The second-order valence-electron chi connectivity index (χ2n) is 3.56. The van der Waals surface area contributed by atoms with Crippen LogP contribution in [0.15, 0.2) is 48.5 Å². The van der Waals surface area contributed by atoms with Gasteiger partial charge in [0.1, 0.15) is 0 Å². The van der Waals surface area contributed by atoms with Gasteiger partial charge in [0, 0.05) is 0 Å². The number of fused-ring (bicyclic) bond motifs is 2. The maximum atomic E-state index is 5.83. The minimum absolute atomic E-state index is 0.297. The summed E-state index contributed by atoms with van der Waals surface area (Å²) in [7, 11) is 0. The molecule has 0 bridgehead atoms. The van der Waals surface area contributed by atoms with Gasteiger partial charge in [-0.25, -0.2) is 0 Å². The molecule has 1 aliphatic rings. The second-order valence-corrected chi connectivity index (χ2v) is 4.55. The molecule has 0 atom stereocenters. The molecule has 0 aromatic heterocycles. The van der Waals surface area contributed by atoms with E-state index in [0.717, 1.165) is 11.5 Å². The first-order valence-electron chi connectivity index (χ1n) is 4.88. The standard InChI is InChI=1S/C13H9OSe/c15-13-9-5-1-3-7-11(9)14-12-8-4-2-6-10(12)13/h1-8,13H. The Labute approximate surface area is 96.9 Å². The van der Waals surface area contributed by atoms with Gasteiger partial charge >= 0.3 is 96.7 Å². The predicted molar refractivity (Wildman–Crippen MR) is 60.6 cm³/mol. The van der Waals surface area contributed by atoms with E-state index < -0.39 is 0 Å². The first-order chi connectivity index (χ1) is 7.36. The molecule has 2 aromatic carbocycles. The maximum absolute atomic E-state index is 5.83. The van der Waals surface area contributed by atoms with Crippen LogP contribution in [-0.2, 0) is 0 Å². The molecular formula is C13H9OSe. The second kappa shape index (κ2) is 3.41. The molecule has 0 aliphatic carbocycles. The van der Waals surface area contributed by atoms with Crippen molar-refractivity contribution in [2.75, 3.05) is 0 Å². The summed E-state index contributed by atoms with van der Waals surface area (Å²) >= 11 is 3.21. The van der Waals surface area contributed by atoms with Crippen LogP contribution in [0.4, 0.5) is 0 Å². The number of ether oxygens (including phenoxy) is 1. The van der Waals surface area contributed by atoms with Gasteiger partial charge in [-0.1, -0.05) is 0 Å². The van der Waals surface area contributed by atoms with E-state index in [1.54, 1.807) is 0 Å². The number of hydrogen-bond donors (Lipinski definition) is 0. The van der Waals surface area contributed by atoms with Crippen molar-refractivity contribution in [2.24, 2.45) is 0 Å². The van der Waals surface area contributed by atoms with Gasteiger partial charge in [0.15, 0.2) is 0 Å². The zero-order chi connectivity index (χ0) is 10.3. The molecule has 2 heteroatoms. The molecule has 0 unspecified atom stereocenters. The Morgan fingerprint density at radius 1 is 0.800 bits per heavy atom. The Morgan fingerprint density at radius 3 is 1.80 bits per heavy atom. The number of hydrogen-bond acceptors (Lipinski definition) is 1. The van der Waals surface area contributed by atoms with Gasteiger partial charge in [-0.05, 0) is 0 Å². The molecule has 0 fully saturated rings. The van der Waals surface area contributed by atoms with Crippen LogP contribution in [0.1, 0.15) is 15.9 Å². The van der Waals surface area contributed by atoms with Crippen LogP contribution in [0.5, 0.6) is 11.5 Å². The zero-order valence-corrected chi connectivity index (χ0v) is 9.73. The SMILES string of the molecule is [Se]C1c2ccccc2Oc2ccccc21. The average Bonchev–Trinajstić information content (AvgIpc) is 2.30. The normalized spacial score (nSPS) is 13.9. The van der Waals surface area contributed by atoms with Crippen molar-refractivity contribution < 1.29 is 4.74 Å². The molecule has 0 saturated heterocycles. The summed E-state index contributed by atoms with van der Waals surface area (Å²) in [6, 6.07) is 16.3. The van der Waals surface area contributed by atoms with E-state index in [4.69, 9.17) is 4.74 Å². The van der Waals surface area contributed by atoms with E-state index in [1.165, 1.54) is 11.1 Å². The third kappa shape index (κ3) is 1.38. The van der Waals surface area contributed by atoms with Crippen LogP contribution in [-0.4, -0.2) is 16.0 Å². The summed E-state index contributed by atoms with van der Waals surface area (Å²) in [6.45, 7) is 0. The number of benzene rings is 2. The van der Waals surface area contributed by atoms with Gasteiger partial charge in [-0.3, -0.25) is 0 Å². The summed E-state index contributed by atoms with van der Waals surface area (Å²) in [5.41, 5.74) is 2.44. The van der Waals surface area contributed by atoms with E-state index in [1.807, 2.05) is 36.4 Å². The van der Waals surface area contributed by atoms with Gasteiger partial charge in [-0.15, -0.1) is 0 Å². The minimum atomic E-state index is 0.297. The Kier molecular flexibility index (Phi) is 2.05. The van der Waals surface area contributed by atoms with Crippen LogP contribution < -0.4 is 4.74 Å². The van der Waals surface area contributed by atoms with Crippen molar-refractivity contribution in [2.45, 2.75) is 4.82 Å². The molecule has 1 radical (unpaired) electrons. The molecule has 0 spiro atoms. The number of para-hydroxylation sites is 2. The summed E-state index contributed by atoms with van der Waals surface area (Å²) in [5.74, 6) is 1.92. The van der Waals surface area contributed by atoms with Crippen molar-refractivity contribution in [1.29, 1.82) is 0 Å². The molecule has 73 valence electrons. The fourth-order valence-electron chi connectivity index (χ4n) is 1.87. The molecule has 2 aromatic rings. The van der Waals surface area contributed by atoms with E-state index in [-0.39, 0.29) is 0 Å². The molecule has 0 amide bonds. The van der Waals surface area contributed by atoms with Crippen molar-refractivity contribution in [3.63, 3.8) is 0 Å². The first kappa shape index (κ1) is 9.02. The zero-order valence-electron chi connectivity index (χ0n) is 8.01. The van der Waals surface area contributed by atoms with Crippen molar-refractivity contribution in [3.8, 4) is 11.5 Å². The van der Waals surface area contributed by atoms with E-state index in [9.17, 15) is 0 Å². The number of rotatable bonds is 0. The van der Waals surface area contributed by atoms with Crippen molar-refractivity contribution >= 4 is 16.0 Å². The Morgan fingerprint density at radius 2 is 1.27 bits per heavy atom.